The summed E-state index contributed by atoms with van der Waals surface area (Å²) < 4.78 is 60.7. The second-order valence-corrected chi connectivity index (χ2v) is 8.62. The van der Waals surface area contributed by atoms with E-state index in [9.17, 15) is 17.2 Å². The lowest BCUT2D eigenvalue weighted by molar-refractivity contribution is 0.0730. The van der Waals surface area contributed by atoms with E-state index in [0.29, 0.717) is 24.0 Å². The highest BCUT2D eigenvalue weighted by atomic mass is 32.2. The number of hydrogen-bond donors (Lipinski definition) is 1. The summed E-state index contributed by atoms with van der Waals surface area (Å²) in [5, 5.41) is 3.78. The lowest BCUT2D eigenvalue weighted by Gasteiger charge is -2.27. The molecule has 0 atom stereocenters. The molecule has 1 saturated heterocycles. The molecule has 1 N–H and O–H groups in total. The van der Waals surface area contributed by atoms with Crippen LogP contribution >= 0.6 is 0 Å². The Hall–Kier alpha value is -2.62. The van der Waals surface area contributed by atoms with E-state index in [1.807, 2.05) is 0 Å². The molecule has 1 aliphatic heterocycles. The summed E-state index contributed by atoms with van der Waals surface area (Å²) >= 11 is 0. The predicted molar refractivity (Wildman–Crippen MR) is 106 cm³/mol. The van der Waals surface area contributed by atoms with Gasteiger partial charge in [0.05, 0.1) is 18.9 Å². The van der Waals surface area contributed by atoms with Gasteiger partial charge in [0.1, 0.15) is 10.7 Å². The average Bonchev–Trinajstić information content (AvgIpc) is 2.72. The Labute approximate surface area is 167 Å². The maximum Gasteiger partial charge on any atom is 0.245 e. The molecule has 0 unspecified atom stereocenters. The van der Waals surface area contributed by atoms with Gasteiger partial charge in [-0.25, -0.2) is 22.2 Å². The number of aryl methyl sites for hydroxylation is 1. The molecule has 1 fully saturated rings. The lowest BCUT2D eigenvalue weighted by atomic mass is 10.1. The minimum Gasteiger partial charge on any atom is -0.379 e. The number of morpholine rings is 1. The Kier molecular flexibility index (Phi) is 5.20. The molecule has 29 heavy (non-hydrogen) atoms. The standard InChI is InChI=1S/C20H19F2N3O3S/c1-13-4-2-5-14-18(13)17(29(26,27)25-8-10-28-11-9-25)12-23-20(14)24-16-7-3-6-15(21)19(16)22/h2-7,12H,8-11H2,1H3,(H,23,24). The Balaban J connectivity index is 1.85. The molecular formula is C20H19F2N3O3S. The molecular weight excluding hydrogens is 400 g/mol. The first kappa shape index (κ1) is 19.7. The average molecular weight is 419 g/mol. The highest BCUT2D eigenvalue weighted by molar-refractivity contribution is 7.89. The minimum absolute atomic E-state index is 0.0795. The Morgan fingerprint density at radius 1 is 1.10 bits per heavy atom. The SMILES string of the molecule is Cc1cccc2c(Nc3cccc(F)c3F)ncc(S(=O)(=O)N3CCOCC3)c12. The van der Waals surface area contributed by atoms with Crippen LogP contribution in [0.3, 0.4) is 0 Å². The van der Waals surface area contributed by atoms with Crippen LogP contribution in [0.1, 0.15) is 5.56 Å². The molecule has 0 amide bonds. The normalized spacial score (nSPS) is 15.6. The quantitative estimate of drug-likeness (QED) is 0.700. The number of nitrogens with zero attached hydrogens (tertiary/aromatic N) is 2. The number of hydrogen-bond acceptors (Lipinski definition) is 5. The van der Waals surface area contributed by atoms with Crippen molar-refractivity contribution in [1.82, 2.24) is 9.29 Å². The molecule has 2 aromatic carbocycles. The number of ether oxygens (including phenoxy) is 1. The summed E-state index contributed by atoms with van der Waals surface area (Å²) in [5.41, 5.74) is 0.656. The van der Waals surface area contributed by atoms with E-state index in [-0.39, 0.29) is 29.5 Å². The Morgan fingerprint density at radius 3 is 2.59 bits per heavy atom. The van der Waals surface area contributed by atoms with Crippen molar-refractivity contribution in [1.29, 1.82) is 0 Å². The molecule has 0 spiro atoms. The number of nitrogens with one attached hydrogen (secondary N) is 1. The molecule has 2 heterocycles. The van der Waals surface area contributed by atoms with Gasteiger partial charge in [-0.2, -0.15) is 4.31 Å². The Bertz CT molecular complexity index is 1180. The zero-order valence-electron chi connectivity index (χ0n) is 15.7. The molecule has 9 heteroatoms. The van der Waals surface area contributed by atoms with Crippen LogP contribution < -0.4 is 5.32 Å². The summed E-state index contributed by atoms with van der Waals surface area (Å²) in [5.74, 6) is -1.77. The van der Waals surface area contributed by atoms with Gasteiger partial charge in [-0.3, -0.25) is 0 Å². The fraction of sp³-hybridized carbons (Fsp3) is 0.250. The highest BCUT2D eigenvalue weighted by Gasteiger charge is 2.29. The molecule has 152 valence electrons. The summed E-state index contributed by atoms with van der Waals surface area (Å²) in [7, 11) is -3.79. The van der Waals surface area contributed by atoms with E-state index in [2.05, 4.69) is 10.3 Å². The molecule has 0 aliphatic carbocycles. The van der Waals surface area contributed by atoms with Crippen molar-refractivity contribution in [3.63, 3.8) is 0 Å². The molecule has 1 aromatic heterocycles. The van der Waals surface area contributed by atoms with Crippen molar-refractivity contribution in [2.24, 2.45) is 0 Å². The van der Waals surface area contributed by atoms with Crippen LogP contribution in [0.4, 0.5) is 20.3 Å². The van der Waals surface area contributed by atoms with Crippen LogP contribution in [0.5, 0.6) is 0 Å². The van der Waals surface area contributed by atoms with Crippen molar-refractivity contribution in [3.05, 3.63) is 59.8 Å². The fourth-order valence-corrected chi connectivity index (χ4v) is 5.02. The first-order valence-corrected chi connectivity index (χ1v) is 10.5. The number of pyridine rings is 1. The number of aromatic nitrogens is 1. The maximum atomic E-state index is 14.1. The predicted octanol–water partition coefficient (Wildman–Crippen LogP) is 3.59. The minimum atomic E-state index is -3.79. The van der Waals surface area contributed by atoms with Gasteiger partial charge in [0.2, 0.25) is 10.0 Å². The second-order valence-electron chi connectivity index (χ2n) is 6.71. The molecule has 0 radical (unpaired) electrons. The lowest BCUT2D eigenvalue weighted by Crippen LogP contribution is -2.40. The zero-order valence-corrected chi connectivity index (χ0v) is 16.5. The molecule has 3 aromatic rings. The monoisotopic (exact) mass is 419 g/mol. The first-order chi connectivity index (χ1) is 13.9. The summed E-state index contributed by atoms with van der Waals surface area (Å²) in [6, 6.07) is 9.05. The van der Waals surface area contributed by atoms with Gasteiger partial charge in [-0.05, 0) is 24.6 Å². The maximum absolute atomic E-state index is 14.1. The van der Waals surface area contributed by atoms with Crippen LogP contribution in [0, 0.1) is 18.6 Å². The summed E-state index contributed by atoms with van der Waals surface area (Å²) in [6.45, 7) is 3.01. The van der Waals surface area contributed by atoms with Crippen molar-refractivity contribution >= 4 is 32.3 Å². The van der Waals surface area contributed by atoms with Crippen LogP contribution in [-0.2, 0) is 14.8 Å². The number of anilines is 2. The van der Waals surface area contributed by atoms with Gasteiger partial charge in [0.25, 0.3) is 0 Å². The van der Waals surface area contributed by atoms with E-state index < -0.39 is 21.7 Å². The largest absolute Gasteiger partial charge is 0.379 e. The van der Waals surface area contributed by atoms with Gasteiger partial charge in [0.15, 0.2) is 11.6 Å². The molecule has 1 aliphatic rings. The zero-order chi connectivity index (χ0) is 20.6. The van der Waals surface area contributed by atoms with Gasteiger partial charge >= 0.3 is 0 Å². The first-order valence-electron chi connectivity index (χ1n) is 9.07. The van der Waals surface area contributed by atoms with Crippen molar-refractivity contribution < 1.29 is 21.9 Å². The van der Waals surface area contributed by atoms with E-state index in [1.165, 1.54) is 22.6 Å². The Morgan fingerprint density at radius 2 is 1.83 bits per heavy atom. The van der Waals surface area contributed by atoms with Gasteiger partial charge in [0, 0.05) is 30.1 Å². The molecule has 0 bridgehead atoms. The smallest absolute Gasteiger partial charge is 0.245 e. The topological polar surface area (TPSA) is 71.5 Å². The van der Waals surface area contributed by atoms with Crippen molar-refractivity contribution in [2.45, 2.75) is 11.8 Å². The van der Waals surface area contributed by atoms with E-state index in [4.69, 9.17) is 4.74 Å². The van der Waals surface area contributed by atoms with E-state index in [0.717, 1.165) is 11.6 Å². The van der Waals surface area contributed by atoms with Crippen LogP contribution in [0.15, 0.2) is 47.5 Å². The van der Waals surface area contributed by atoms with E-state index >= 15 is 0 Å². The third-order valence-corrected chi connectivity index (χ3v) is 6.79. The van der Waals surface area contributed by atoms with Crippen LogP contribution in [-0.4, -0.2) is 44.0 Å². The third kappa shape index (κ3) is 3.57. The molecule has 6 nitrogen and oxygen atoms in total. The third-order valence-electron chi connectivity index (χ3n) is 4.88. The second kappa shape index (κ2) is 7.66. The van der Waals surface area contributed by atoms with Crippen LogP contribution in [0.2, 0.25) is 0 Å². The summed E-state index contributed by atoms with van der Waals surface area (Å²) in [4.78, 5) is 4.32. The van der Waals surface area contributed by atoms with Crippen molar-refractivity contribution in [2.75, 3.05) is 31.6 Å². The van der Waals surface area contributed by atoms with Crippen LogP contribution in [0.25, 0.3) is 10.8 Å². The molecule has 0 saturated carbocycles. The fourth-order valence-electron chi connectivity index (χ4n) is 3.40. The number of benzene rings is 2. The molecule has 4 rings (SSSR count). The van der Waals surface area contributed by atoms with E-state index in [1.54, 1.807) is 25.1 Å². The highest BCUT2D eigenvalue weighted by Crippen LogP contribution is 2.34. The van der Waals surface area contributed by atoms with Gasteiger partial charge < -0.3 is 10.1 Å². The summed E-state index contributed by atoms with van der Waals surface area (Å²) in [6.07, 6.45) is 1.26. The number of fused-ring (bicyclic) bond motifs is 1. The van der Waals surface area contributed by atoms with Gasteiger partial charge in [-0.15, -0.1) is 0 Å². The number of rotatable bonds is 4. The number of halogens is 2. The number of sulfonamides is 1. The van der Waals surface area contributed by atoms with Crippen molar-refractivity contribution in [3.8, 4) is 0 Å². The van der Waals surface area contributed by atoms with Gasteiger partial charge in [-0.1, -0.05) is 24.3 Å².